The molecule has 1 aliphatic rings. The number of nitrogens with zero attached hydrogens (tertiary/aromatic N) is 1. The van der Waals surface area contributed by atoms with Crippen molar-refractivity contribution in [1.82, 2.24) is 4.98 Å². The van der Waals surface area contributed by atoms with Gasteiger partial charge in [0.2, 0.25) is 5.91 Å². The van der Waals surface area contributed by atoms with E-state index in [-0.39, 0.29) is 11.8 Å². The lowest BCUT2D eigenvalue weighted by Gasteiger charge is -2.20. The highest BCUT2D eigenvalue weighted by Crippen LogP contribution is 2.56. The molecular weight excluding hydrogens is 380 g/mol. The van der Waals surface area contributed by atoms with Crippen LogP contribution in [0.5, 0.6) is 17.2 Å². The molecule has 3 aromatic rings. The van der Waals surface area contributed by atoms with Crippen molar-refractivity contribution in [3.8, 4) is 17.2 Å². The van der Waals surface area contributed by atoms with Gasteiger partial charge in [0, 0.05) is 11.6 Å². The standard InChI is InChI=1S/C24H24N2O4/c1-28-20-12-11-17(14-21(20)29-2)24(16-30-18-8-4-3-5-9-18)15-19(24)23(27)26-22-10-6-7-13-25-22/h3-14,19H,15-16H2,1-2H3,(H,25,26,27)/t19-,24+/m0/s1. The van der Waals surface area contributed by atoms with Crippen LogP contribution in [0, 0.1) is 5.92 Å². The van der Waals surface area contributed by atoms with E-state index in [1.165, 1.54) is 0 Å². The topological polar surface area (TPSA) is 69.7 Å². The number of para-hydroxylation sites is 1. The van der Waals surface area contributed by atoms with Crippen LogP contribution in [-0.4, -0.2) is 31.7 Å². The number of carbonyl (C=O) groups is 1. The first kappa shape index (κ1) is 19.8. The Hall–Kier alpha value is -3.54. The monoisotopic (exact) mass is 404 g/mol. The van der Waals surface area contributed by atoms with E-state index in [9.17, 15) is 4.79 Å². The summed E-state index contributed by atoms with van der Waals surface area (Å²) in [5, 5.41) is 2.92. The predicted molar refractivity (Wildman–Crippen MR) is 114 cm³/mol. The van der Waals surface area contributed by atoms with Crippen LogP contribution in [0.15, 0.2) is 72.9 Å². The maximum Gasteiger partial charge on any atom is 0.229 e. The van der Waals surface area contributed by atoms with E-state index in [1.54, 1.807) is 26.5 Å². The van der Waals surface area contributed by atoms with Gasteiger partial charge in [0.05, 0.1) is 26.7 Å². The number of methoxy groups -OCH3 is 2. The number of pyridine rings is 1. The molecule has 2 aromatic carbocycles. The second-order valence-corrected chi connectivity index (χ2v) is 7.29. The van der Waals surface area contributed by atoms with E-state index in [4.69, 9.17) is 14.2 Å². The Balaban J connectivity index is 1.60. The summed E-state index contributed by atoms with van der Waals surface area (Å²) < 4.78 is 16.9. The first-order valence-corrected chi connectivity index (χ1v) is 9.78. The van der Waals surface area contributed by atoms with Gasteiger partial charge in [-0.05, 0) is 48.4 Å². The number of nitrogens with one attached hydrogen (secondary N) is 1. The van der Waals surface area contributed by atoms with Gasteiger partial charge in [0.1, 0.15) is 11.6 Å². The molecule has 1 aliphatic carbocycles. The number of benzene rings is 2. The third-order valence-corrected chi connectivity index (χ3v) is 5.51. The van der Waals surface area contributed by atoms with Gasteiger partial charge in [0.25, 0.3) is 0 Å². The van der Waals surface area contributed by atoms with Gasteiger partial charge in [-0.25, -0.2) is 4.98 Å². The summed E-state index contributed by atoms with van der Waals surface area (Å²) in [6, 6.07) is 20.8. The normalized spacial score (nSPS) is 19.6. The third-order valence-electron chi connectivity index (χ3n) is 5.51. The van der Waals surface area contributed by atoms with Crippen LogP contribution in [0.1, 0.15) is 12.0 Å². The number of carbonyl (C=O) groups excluding carboxylic acids is 1. The van der Waals surface area contributed by atoms with Crippen LogP contribution in [0.25, 0.3) is 0 Å². The molecule has 1 saturated carbocycles. The molecule has 4 rings (SSSR count). The molecule has 0 unspecified atom stereocenters. The number of hydrogen-bond donors (Lipinski definition) is 1. The predicted octanol–water partition coefficient (Wildman–Crippen LogP) is 4.07. The molecule has 1 N–H and O–H groups in total. The quantitative estimate of drug-likeness (QED) is 0.613. The van der Waals surface area contributed by atoms with E-state index >= 15 is 0 Å². The highest BCUT2D eigenvalue weighted by atomic mass is 16.5. The summed E-state index contributed by atoms with van der Waals surface area (Å²) in [4.78, 5) is 17.2. The molecule has 6 nitrogen and oxygen atoms in total. The Morgan fingerprint density at radius 2 is 1.80 bits per heavy atom. The molecule has 30 heavy (non-hydrogen) atoms. The van der Waals surface area contributed by atoms with Crippen molar-refractivity contribution in [2.24, 2.45) is 5.92 Å². The summed E-state index contributed by atoms with van der Waals surface area (Å²) in [7, 11) is 3.21. The molecule has 2 atom stereocenters. The molecule has 1 heterocycles. The average molecular weight is 404 g/mol. The molecule has 1 aromatic heterocycles. The lowest BCUT2D eigenvalue weighted by Crippen LogP contribution is -2.26. The number of anilines is 1. The van der Waals surface area contributed by atoms with Crippen molar-refractivity contribution in [1.29, 1.82) is 0 Å². The van der Waals surface area contributed by atoms with E-state index < -0.39 is 5.41 Å². The Bertz CT molecular complexity index is 1010. The van der Waals surface area contributed by atoms with Gasteiger partial charge < -0.3 is 19.5 Å². The molecule has 0 radical (unpaired) electrons. The van der Waals surface area contributed by atoms with Gasteiger partial charge in [-0.3, -0.25) is 4.79 Å². The summed E-state index contributed by atoms with van der Waals surface area (Å²) in [6.07, 6.45) is 2.33. The van der Waals surface area contributed by atoms with Crippen LogP contribution in [-0.2, 0) is 10.2 Å². The second kappa shape index (κ2) is 8.45. The molecule has 1 amide bonds. The summed E-state index contributed by atoms with van der Waals surface area (Å²) in [5.41, 5.74) is 0.533. The van der Waals surface area contributed by atoms with Crippen LogP contribution < -0.4 is 19.5 Å². The first-order valence-electron chi connectivity index (χ1n) is 9.78. The maximum absolute atomic E-state index is 13.0. The largest absolute Gasteiger partial charge is 0.493 e. The molecule has 0 bridgehead atoms. The third kappa shape index (κ3) is 3.94. The fourth-order valence-corrected chi connectivity index (χ4v) is 3.74. The Morgan fingerprint density at radius 3 is 2.50 bits per heavy atom. The number of rotatable bonds is 8. The average Bonchev–Trinajstić information content (AvgIpc) is 3.55. The van der Waals surface area contributed by atoms with Gasteiger partial charge in [-0.1, -0.05) is 30.3 Å². The SMILES string of the molecule is COc1ccc([C@]2(COc3ccccc3)C[C@H]2C(=O)Nc2ccccn2)cc1OC. The lowest BCUT2D eigenvalue weighted by molar-refractivity contribution is -0.117. The van der Waals surface area contributed by atoms with E-state index in [2.05, 4.69) is 10.3 Å². The molecule has 1 fully saturated rings. The molecule has 6 heteroatoms. The molecule has 0 aliphatic heterocycles. The van der Waals surface area contributed by atoms with Crippen molar-refractivity contribution in [2.45, 2.75) is 11.8 Å². The van der Waals surface area contributed by atoms with Crippen molar-refractivity contribution in [3.63, 3.8) is 0 Å². The summed E-state index contributed by atoms with van der Waals surface area (Å²) in [6.45, 7) is 0.382. The van der Waals surface area contributed by atoms with E-state index in [1.807, 2.05) is 60.7 Å². The van der Waals surface area contributed by atoms with Crippen LogP contribution >= 0.6 is 0 Å². The number of amides is 1. The van der Waals surface area contributed by atoms with Gasteiger partial charge in [-0.2, -0.15) is 0 Å². The molecular formula is C24H24N2O4. The van der Waals surface area contributed by atoms with Crippen LogP contribution in [0.4, 0.5) is 5.82 Å². The highest BCUT2D eigenvalue weighted by Gasteiger charge is 2.60. The van der Waals surface area contributed by atoms with Crippen molar-refractivity contribution >= 4 is 11.7 Å². The zero-order chi connectivity index (χ0) is 21.0. The number of aromatic nitrogens is 1. The second-order valence-electron chi connectivity index (χ2n) is 7.29. The molecule has 0 spiro atoms. The smallest absolute Gasteiger partial charge is 0.229 e. The minimum absolute atomic E-state index is 0.0693. The maximum atomic E-state index is 13.0. The highest BCUT2D eigenvalue weighted by molar-refractivity contribution is 5.95. The fraction of sp³-hybridized carbons (Fsp3) is 0.250. The zero-order valence-corrected chi connectivity index (χ0v) is 17.0. The number of ether oxygens (including phenoxy) is 3. The van der Waals surface area contributed by atoms with Gasteiger partial charge in [-0.15, -0.1) is 0 Å². The van der Waals surface area contributed by atoms with Crippen molar-refractivity contribution in [2.75, 3.05) is 26.1 Å². The number of hydrogen-bond acceptors (Lipinski definition) is 5. The van der Waals surface area contributed by atoms with Crippen molar-refractivity contribution < 1.29 is 19.0 Å². The molecule has 0 saturated heterocycles. The Morgan fingerprint density at radius 1 is 1.03 bits per heavy atom. The Labute approximate surface area is 175 Å². The Kier molecular flexibility index (Phi) is 5.57. The van der Waals surface area contributed by atoms with E-state index in [0.717, 1.165) is 11.3 Å². The zero-order valence-electron chi connectivity index (χ0n) is 17.0. The van der Waals surface area contributed by atoms with E-state index in [0.29, 0.717) is 30.3 Å². The van der Waals surface area contributed by atoms with Crippen molar-refractivity contribution in [3.05, 3.63) is 78.5 Å². The van der Waals surface area contributed by atoms with Gasteiger partial charge in [0.15, 0.2) is 11.5 Å². The van der Waals surface area contributed by atoms with Crippen LogP contribution in [0.2, 0.25) is 0 Å². The minimum atomic E-state index is -0.450. The van der Waals surface area contributed by atoms with Crippen LogP contribution in [0.3, 0.4) is 0 Å². The molecule has 154 valence electrons. The first-order chi connectivity index (χ1) is 14.7. The minimum Gasteiger partial charge on any atom is -0.493 e. The lowest BCUT2D eigenvalue weighted by atomic mass is 9.93. The van der Waals surface area contributed by atoms with Gasteiger partial charge >= 0.3 is 0 Å². The summed E-state index contributed by atoms with van der Waals surface area (Å²) >= 11 is 0. The fourth-order valence-electron chi connectivity index (χ4n) is 3.74. The summed E-state index contributed by atoms with van der Waals surface area (Å²) in [5.74, 6) is 2.29.